The van der Waals surface area contributed by atoms with Crippen molar-refractivity contribution in [2.75, 3.05) is 7.05 Å². The van der Waals surface area contributed by atoms with Gasteiger partial charge in [0.2, 0.25) is 5.91 Å². The van der Waals surface area contributed by atoms with E-state index >= 15 is 0 Å². The van der Waals surface area contributed by atoms with Gasteiger partial charge in [-0.05, 0) is 26.0 Å². The largest absolute Gasteiger partial charge is 0.348 e. The molecule has 0 aliphatic heterocycles. The van der Waals surface area contributed by atoms with Gasteiger partial charge in [-0.1, -0.05) is 37.3 Å². The molecular formula is C13H20N2O. The molecule has 1 aromatic carbocycles. The van der Waals surface area contributed by atoms with Gasteiger partial charge in [-0.25, -0.2) is 0 Å². The number of hydrogen-bond donors (Lipinski definition) is 2. The van der Waals surface area contributed by atoms with Crippen molar-refractivity contribution < 1.29 is 4.79 Å². The first-order valence-corrected chi connectivity index (χ1v) is 5.71. The standard InChI is InChI=1S/C13H20N2O/c1-4-12(11-8-6-5-7-9-11)15-13(16)10(2)14-3/h5-10,12,14H,4H2,1-3H3,(H,15,16)/t10-,12-/m0/s1. The van der Waals surface area contributed by atoms with Crippen LogP contribution in [0.2, 0.25) is 0 Å². The van der Waals surface area contributed by atoms with E-state index in [1.807, 2.05) is 37.3 Å². The van der Waals surface area contributed by atoms with Gasteiger partial charge in [-0.15, -0.1) is 0 Å². The third-order valence-corrected chi connectivity index (χ3v) is 2.75. The lowest BCUT2D eigenvalue weighted by molar-refractivity contribution is -0.123. The lowest BCUT2D eigenvalue weighted by Gasteiger charge is -2.20. The summed E-state index contributed by atoms with van der Waals surface area (Å²) in [5, 5.41) is 5.97. The molecule has 0 saturated heterocycles. The molecule has 1 aromatic rings. The molecule has 0 bridgehead atoms. The second-order valence-corrected chi connectivity index (χ2v) is 3.89. The van der Waals surface area contributed by atoms with Crippen molar-refractivity contribution in [1.29, 1.82) is 0 Å². The Morgan fingerprint density at radius 1 is 1.31 bits per heavy atom. The summed E-state index contributed by atoms with van der Waals surface area (Å²) in [6.45, 7) is 3.93. The van der Waals surface area contributed by atoms with E-state index in [1.54, 1.807) is 7.05 Å². The van der Waals surface area contributed by atoms with Gasteiger partial charge in [-0.3, -0.25) is 4.79 Å². The second kappa shape index (κ2) is 6.28. The summed E-state index contributed by atoms with van der Waals surface area (Å²) in [5.74, 6) is 0.0400. The summed E-state index contributed by atoms with van der Waals surface area (Å²) in [6.07, 6.45) is 0.895. The van der Waals surface area contributed by atoms with Crippen molar-refractivity contribution in [3.63, 3.8) is 0 Å². The highest BCUT2D eigenvalue weighted by molar-refractivity contribution is 5.81. The molecule has 0 unspecified atom stereocenters. The summed E-state index contributed by atoms with van der Waals surface area (Å²) in [4.78, 5) is 11.7. The van der Waals surface area contributed by atoms with Crippen molar-refractivity contribution >= 4 is 5.91 Å². The van der Waals surface area contributed by atoms with Crippen LogP contribution in [0.15, 0.2) is 30.3 Å². The van der Waals surface area contributed by atoms with Crippen LogP contribution in [0, 0.1) is 0 Å². The fourth-order valence-corrected chi connectivity index (χ4v) is 1.53. The molecule has 1 amide bonds. The summed E-state index contributed by atoms with van der Waals surface area (Å²) < 4.78 is 0. The maximum absolute atomic E-state index is 11.7. The molecule has 16 heavy (non-hydrogen) atoms. The molecule has 0 aliphatic rings. The smallest absolute Gasteiger partial charge is 0.237 e. The predicted molar refractivity (Wildman–Crippen MR) is 66.1 cm³/mol. The summed E-state index contributed by atoms with van der Waals surface area (Å²) in [6, 6.07) is 9.99. The Balaban J connectivity index is 2.66. The maximum Gasteiger partial charge on any atom is 0.237 e. The van der Waals surface area contributed by atoms with Gasteiger partial charge in [0, 0.05) is 0 Å². The molecule has 2 N–H and O–H groups in total. The van der Waals surface area contributed by atoms with Crippen molar-refractivity contribution in [2.45, 2.75) is 32.4 Å². The van der Waals surface area contributed by atoms with Crippen LogP contribution < -0.4 is 10.6 Å². The first kappa shape index (κ1) is 12.7. The molecule has 0 radical (unpaired) electrons. The van der Waals surface area contributed by atoms with Crippen molar-refractivity contribution in [2.24, 2.45) is 0 Å². The highest BCUT2D eigenvalue weighted by Crippen LogP contribution is 2.15. The normalized spacial score (nSPS) is 14.2. The number of benzene rings is 1. The van der Waals surface area contributed by atoms with E-state index in [1.165, 1.54) is 0 Å². The van der Waals surface area contributed by atoms with Crippen molar-refractivity contribution in [3.05, 3.63) is 35.9 Å². The van der Waals surface area contributed by atoms with E-state index in [0.29, 0.717) is 0 Å². The zero-order valence-corrected chi connectivity index (χ0v) is 10.2. The van der Waals surface area contributed by atoms with Gasteiger partial charge < -0.3 is 10.6 Å². The van der Waals surface area contributed by atoms with Gasteiger partial charge >= 0.3 is 0 Å². The van der Waals surface area contributed by atoms with Crippen LogP contribution >= 0.6 is 0 Å². The number of carbonyl (C=O) groups excluding carboxylic acids is 1. The SMILES string of the molecule is CC[C@H](NC(=O)[C@H](C)NC)c1ccccc1. The molecule has 2 atom stereocenters. The van der Waals surface area contributed by atoms with E-state index in [-0.39, 0.29) is 18.0 Å². The molecule has 3 nitrogen and oxygen atoms in total. The Morgan fingerprint density at radius 2 is 1.94 bits per heavy atom. The van der Waals surface area contributed by atoms with Gasteiger partial charge in [0.05, 0.1) is 12.1 Å². The average molecular weight is 220 g/mol. The molecule has 0 aliphatic carbocycles. The monoisotopic (exact) mass is 220 g/mol. The third-order valence-electron chi connectivity index (χ3n) is 2.75. The molecule has 1 rings (SSSR count). The van der Waals surface area contributed by atoms with Crippen LogP contribution in [0.3, 0.4) is 0 Å². The molecule has 0 aromatic heterocycles. The number of nitrogens with one attached hydrogen (secondary N) is 2. The number of rotatable bonds is 5. The highest BCUT2D eigenvalue weighted by Gasteiger charge is 2.15. The topological polar surface area (TPSA) is 41.1 Å². The number of likely N-dealkylation sites (N-methyl/N-ethyl adjacent to an activating group) is 1. The quantitative estimate of drug-likeness (QED) is 0.795. The highest BCUT2D eigenvalue weighted by atomic mass is 16.2. The average Bonchev–Trinajstić information content (AvgIpc) is 2.35. The zero-order chi connectivity index (χ0) is 12.0. The lowest BCUT2D eigenvalue weighted by Crippen LogP contribution is -2.41. The Hall–Kier alpha value is -1.35. The van der Waals surface area contributed by atoms with Crippen LogP contribution in [-0.2, 0) is 4.79 Å². The predicted octanol–water partition coefficient (Wildman–Crippen LogP) is 1.86. The first-order chi connectivity index (χ1) is 7.69. The Labute approximate surface area is 97.2 Å². The third kappa shape index (κ3) is 3.35. The van der Waals surface area contributed by atoms with Crippen LogP contribution in [-0.4, -0.2) is 19.0 Å². The van der Waals surface area contributed by atoms with E-state index in [0.717, 1.165) is 12.0 Å². The van der Waals surface area contributed by atoms with Crippen LogP contribution in [0.4, 0.5) is 0 Å². The minimum Gasteiger partial charge on any atom is -0.348 e. The number of carbonyl (C=O) groups is 1. The molecule has 0 fully saturated rings. The van der Waals surface area contributed by atoms with Crippen LogP contribution in [0.5, 0.6) is 0 Å². The van der Waals surface area contributed by atoms with Crippen LogP contribution in [0.1, 0.15) is 31.9 Å². The molecular weight excluding hydrogens is 200 g/mol. The van der Waals surface area contributed by atoms with E-state index < -0.39 is 0 Å². The summed E-state index contributed by atoms with van der Waals surface area (Å²) in [5.41, 5.74) is 1.15. The van der Waals surface area contributed by atoms with Gasteiger partial charge in [0.1, 0.15) is 0 Å². The Bertz CT molecular complexity index is 324. The molecule has 0 heterocycles. The van der Waals surface area contributed by atoms with E-state index in [4.69, 9.17) is 0 Å². The first-order valence-electron chi connectivity index (χ1n) is 5.71. The fraction of sp³-hybridized carbons (Fsp3) is 0.462. The molecule has 0 saturated carbocycles. The Morgan fingerprint density at radius 3 is 2.44 bits per heavy atom. The van der Waals surface area contributed by atoms with Gasteiger partial charge in [0.15, 0.2) is 0 Å². The Kier molecular flexibility index (Phi) is 4.99. The zero-order valence-electron chi connectivity index (χ0n) is 10.2. The lowest BCUT2D eigenvalue weighted by atomic mass is 10.0. The second-order valence-electron chi connectivity index (χ2n) is 3.89. The number of amides is 1. The summed E-state index contributed by atoms with van der Waals surface area (Å²) in [7, 11) is 1.79. The van der Waals surface area contributed by atoms with E-state index in [9.17, 15) is 4.79 Å². The minimum absolute atomic E-state index is 0.0400. The van der Waals surface area contributed by atoms with Crippen molar-refractivity contribution in [1.82, 2.24) is 10.6 Å². The van der Waals surface area contributed by atoms with Crippen molar-refractivity contribution in [3.8, 4) is 0 Å². The van der Waals surface area contributed by atoms with E-state index in [2.05, 4.69) is 17.6 Å². The molecule has 88 valence electrons. The maximum atomic E-state index is 11.7. The molecule has 3 heteroatoms. The van der Waals surface area contributed by atoms with Gasteiger partial charge in [-0.2, -0.15) is 0 Å². The van der Waals surface area contributed by atoms with Gasteiger partial charge in [0.25, 0.3) is 0 Å². The number of hydrogen-bond acceptors (Lipinski definition) is 2. The van der Waals surface area contributed by atoms with Crippen LogP contribution in [0.25, 0.3) is 0 Å². The fourth-order valence-electron chi connectivity index (χ4n) is 1.53. The minimum atomic E-state index is -0.155. The molecule has 0 spiro atoms. The summed E-state index contributed by atoms with van der Waals surface area (Å²) >= 11 is 0.